The molecule has 52 valence electrons. The predicted octanol–water partition coefficient (Wildman–Crippen LogP) is 3.47. The van der Waals surface area contributed by atoms with Gasteiger partial charge in [0.05, 0.1) is 0 Å². The summed E-state index contributed by atoms with van der Waals surface area (Å²) in [6.07, 6.45) is 2.71. The Bertz CT molecular complexity index is 21.2. The van der Waals surface area contributed by atoms with E-state index in [1.54, 1.807) is 0 Å². The molecule has 0 aliphatic heterocycles. The Morgan fingerprint density at radius 3 is 1.50 bits per heavy atom. The molecule has 0 N–H and O–H groups in total. The van der Waals surface area contributed by atoms with Gasteiger partial charge in [0.1, 0.15) is 0 Å². The van der Waals surface area contributed by atoms with E-state index in [9.17, 15) is 0 Å². The van der Waals surface area contributed by atoms with E-state index < -0.39 is 0 Å². The van der Waals surface area contributed by atoms with Crippen LogP contribution in [-0.2, 0) is 0 Å². The van der Waals surface area contributed by atoms with Crippen LogP contribution in [0.2, 0.25) is 0 Å². The van der Waals surface area contributed by atoms with Crippen molar-refractivity contribution in [2.24, 2.45) is 5.92 Å². The molecule has 0 saturated carbocycles. The zero-order chi connectivity index (χ0) is 6.99. The highest BCUT2D eigenvalue weighted by atomic mass is 13.9. The maximum absolute atomic E-state index is 2.25. The molecule has 0 unspecified atom stereocenters. The van der Waals surface area contributed by atoms with Gasteiger partial charge >= 0.3 is 0 Å². The van der Waals surface area contributed by atoms with Crippen LogP contribution < -0.4 is 0 Å². The summed E-state index contributed by atoms with van der Waals surface area (Å²) < 4.78 is 0. The van der Waals surface area contributed by atoms with Crippen LogP contribution in [-0.4, -0.2) is 0 Å². The van der Waals surface area contributed by atoms with Gasteiger partial charge < -0.3 is 0 Å². The molecule has 0 aromatic carbocycles. The van der Waals surface area contributed by atoms with Gasteiger partial charge in [-0.15, -0.1) is 0 Å². The Balaban J connectivity index is 0. The molecule has 0 rings (SSSR count). The van der Waals surface area contributed by atoms with Crippen molar-refractivity contribution in [2.45, 2.75) is 47.5 Å². The topological polar surface area (TPSA) is 0 Å². The van der Waals surface area contributed by atoms with E-state index in [0.717, 1.165) is 5.92 Å². The molecule has 0 heteroatoms. The summed E-state index contributed by atoms with van der Waals surface area (Å²) in [5.74, 6) is 0.898. The van der Waals surface area contributed by atoms with Gasteiger partial charge in [-0.25, -0.2) is 0 Å². The Morgan fingerprint density at radius 2 is 1.50 bits per heavy atom. The number of hydrogen-bond acceptors (Lipinski definition) is 0. The van der Waals surface area contributed by atoms with Gasteiger partial charge in [-0.05, 0) is 5.92 Å². The summed E-state index contributed by atoms with van der Waals surface area (Å²) in [6.45, 7) is 10.7. The average Bonchev–Trinajstić information content (AvgIpc) is 1.72. The summed E-state index contributed by atoms with van der Waals surface area (Å²) in [7, 11) is 0. The minimum Gasteiger partial charge on any atom is -0.0683 e. The second kappa shape index (κ2) is 10.1. The van der Waals surface area contributed by atoms with Crippen molar-refractivity contribution in [3.05, 3.63) is 0 Å². The molecule has 0 nitrogen and oxygen atoms in total. The highest BCUT2D eigenvalue weighted by Gasteiger charge is 1.85. The van der Waals surface area contributed by atoms with Gasteiger partial charge in [-0.3, -0.25) is 0 Å². The average molecular weight is 116 g/mol. The fourth-order valence-electron chi connectivity index (χ4n) is 0.577. The molecule has 0 bridgehead atoms. The molecule has 0 aromatic rings. The monoisotopic (exact) mass is 116 g/mol. The third-order valence-electron chi connectivity index (χ3n) is 0.866. The van der Waals surface area contributed by atoms with E-state index >= 15 is 0 Å². The standard InChI is InChI=1S/C6H14.C2H6/c1-4-5-6(2)3;1-2/h6H,4-5H2,1-3H3;1-2H3. The zero-order valence-corrected chi connectivity index (χ0v) is 6.99. The van der Waals surface area contributed by atoms with Crippen molar-refractivity contribution in [1.29, 1.82) is 0 Å². The first-order valence-corrected chi connectivity index (χ1v) is 3.77. The van der Waals surface area contributed by atoms with Crippen LogP contribution in [0.15, 0.2) is 0 Å². The first-order valence-electron chi connectivity index (χ1n) is 3.77. The molecular weight excluding hydrogens is 96.1 g/mol. The minimum absolute atomic E-state index is 0.898. The number of rotatable bonds is 2. The van der Waals surface area contributed by atoms with Crippen molar-refractivity contribution in [1.82, 2.24) is 0 Å². The molecule has 0 saturated heterocycles. The van der Waals surface area contributed by atoms with Crippen molar-refractivity contribution >= 4 is 0 Å². The van der Waals surface area contributed by atoms with E-state index in [1.165, 1.54) is 12.8 Å². The summed E-state index contributed by atoms with van der Waals surface area (Å²) in [5.41, 5.74) is 0. The van der Waals surface area contributed by atoms with E-state index in [4.69, 9.17) is 0 Å². The van der Waals surface area contributed by atoms with Gasteiger partial charge in [0.15, 0.2) is 0 Å². The Labute approximate surface area is 54.3 Å². The smallest absolute Gasteiger partial charge is 0.0471 e. The Hall–Kier alpha value is 0. The van der Waals surface area contributed by atoms with Gasteiger partial charge in [0.25, 0.3) is 0 Å². The van der Waals surface area contributed by atoms with Crippen molar-refractivity contribution in [2.75, 3.05) is 0 Å². The molecule has 0 aromatic heterocycles. The highest BCUT2D eigenvalue weighted by Crippen LogP contribution is 2.00. The molecule has 0 amide bonds. The molecule has 8 heavy (non-hydrogen) atoms. The summed E-state index contributed by atoms with van der Waals surface area (Å²) in [4.78, 5) is 0. The van der Waals surface area contributed by atoms with Crippen molar-refractivity contribution < 1.29 is 0 Å². The first-order chi connectivity index (χ1) is 3.77. The molecule has 0 atom stereocenters. The second-order valence-corrected chi connectivity index (χ2v) is 2.18. The maximum atomic E-state index is 2.25. The van der Waals surface area contributed by atoms with E-state index in [1.807, 2.05) is 13.8 Å². The van der Waals surface area contributed by atoms with Gasteiger partial charge in [-0.1, -0.05) is 47.5 Å². The highest BCUT2D eigenvalue weighted by molar-refractivity contribution is 4.38. The largest absolute Gasteiger partial charge is 0.0683 e. The molecular formula is C8H20. The van der Waals surface area contributed by atoms with Crippen LogP contribution in [0.25, 0.3) is 0 Å². The van der Waals surface area contributed by atoms with E-state index in [0.29, 0.717) is 0 Å². The lowest BCUT2D eigenvalue weighted by Gasteiger charge is -1.95. The lowest BCUT2D eigenvalue weighted by atomic mass is 10.1. The van der Waals surface area contributed by atoms with Crippen LogP contribution >= 0.6 is 0 Å². The van der Waals surface area contributed by atoms with Crippen LogP contribution in [0.1, 0.15) is 47.5 Å². The van der Waals surface area contributed by atoms with E-state index in [2.05, 4.69) is 20.8 Å². The Morgan fingerprint density at radius 1 is 1.12 bits per heavy atom. The van der Waals surface area contributed by atoms with Crippen molar-refractivity contribution in [3.63, 3.8) is 0 Å². The van der Waals surface area contributed by atoms with Gasteiger partial charge in [-0.2, -0.15) is 0 Å². The summed E-state index contributed by atoms with van der Waals surface area (Å²) in [6, 6.07) is 0. The SMILES string of the molecule is CC.CCCC(C)C. The normalized spacial score (nSPS) is 8.25. The van der Waals surface area contributed by atoms with Gasteiger partial charge in [0, 0.05) is 0 Å². The van der Waals surface area contributed by atoms with Crippen LogP contribution in [0, 0.1) is 5.92 Å². The minimum atomic E-state index is 0.898. The fourth-order valence-corrected chi connectivity index (χ4v) is 0.577. The van der Waals surface area contributed by atoms with E-state index in [-0.39, 0.29) is 0 Å². The second-order valence-electron chi connectivity index (χ2n) is 2.18. The molecule has 0 aliphatic rings. The molecule has 0 spiro atoms. The third-order valence-corrected chi connectivity index (χ3v) is 0.866. The molecule has 0 radical (unpaired) electrons. The van der Waals surface area contributed by atoms with Crippen LogP contribution in [0.5, 0.6) is 0 Å². The maximum Gasteiger partial charge on any atom is -0.0471 e. The predicted molar refractivity (Wildman–Crippen MR) is 41.1 cm³/mol. The summed E-state index contributed by atoms with van der Waals surface area (Å²) in [5, 5.41) is 0. The molecule has 0 aliphatic carbocycles. The zero-order valence-electron chi connectivity index (χ0n) is 6.99. The molecule has 0 heterocycles. The first kappa shape index (κ1) is 10.9. The summed E-state index contributed by atoms with van der Waals surface area (Å²) >= 11 is 0. The lowest BCUT2D eigenvalue weighted by molar-refractivity contribution is 0.576. The van der Waals surface area contributed by atoms with Crippen molar-refractivity contribution in [3.8, 4) is 0 Å². The Kier molecular flexibility index (Phi) is 13.7. The fraction of sp³-hybridized carbons (Fsp3) is 1.00. The quantitative estimate of drug-likeness (QED) is 0.518. The third kappa shape index (κ3) is 16.7. The van der Waals surface area contributed by atoms with Gasteiger partial charge in [0.2, 0.25) is 0 Å². The van der Waals surface area contributed by atoms with Crippen LogP contribution in [0.4, 0.5) is 0 Å². The lowest BCUT2D eigenvalue weighted by Crippen LogP contribution is -1.81. The number of hydrogen-bond donors (Lipinski definition) is 0. The van der Waals surface area contributed by atoms with Crippen LogP contribution in [0.3, 0.4) is 0 Å². The molecule has 0 fully saturated rings.